The molecule has 142 valence electrons. The summed E-state index contributed by atoms with van der Waals surface area (Å²) in [5.41, 5.74) is 1.70. The summed E-state index contributed by atoms with van der Waals surface area (Å²) in [5.74, 6) is 0.366. The second-order valence-corrected chi connectivity index (χ2v) is 8.30. The van der Waals surface area contributed by atoms with E-state index in [1.165, 1.54) is 23.5 Å². The van der Waals surface area contributed by atoms with E-state index in [1.54, 1.807) is 12.1 Å². The molecule has 0 aliphatic carbocycles. The lowest BCUT2D eigenvalue weighted by atomic mass is 10.2. The zero-order chi connectivity index (χ0) is 19.2. The van der Waals surface area contributed by atoms with Gasteiger partial charge in [-0.15, -0.1) is 0 Å². The molecule has 4 nitrogen and oxygen atoms in total. The molecule has 0 saturated heterocycles. The van der Waals surface area contributed by atoms with Gasteiger partial charge in [0, 0.05) is 0 Å². The number of rotatable bonds is 8. The molecule has 1 heterocycles. The Kier molecular flexibility index (Phi) is 6.79. The number of hydrogen-bond donors (Lipinski definition) is 1. The van der Waals surface area contributed by atoms with Gasteiger partial charge in [-0.05, 0) is 42.3 Å². The summed E-state index contributed by atoms with van der Waals surface area (Å²) in [6.07, 6.45) is 2.85. The van der Waals surface area contributed by atoms with E-state index < -0.39 is 0 Å². The average molecular weight is 451 g/mol. The molecule has 0 fully saturated rings. The molecule has 0 bridgehead atoms. The molecule has 7 heteroatoms. The number of carbonyl (C=O) groups is 1. The van der Waals surface area contributed by atoms with Crippen LogP contribution in [0.3, 0.4) is 0 Å². The van der Waals surface area contributed by atoms with Gasteiger partial charge in [-0.25, -0.2) is 9.37 Å². The molecule has 1 N–H and O–H groups in total. The van der Waals surface area contributed by atoms with Gasteiger partial charge in [-0.1, -0.05) is 59.2 Å². The van der Waals surface area contributed by atoms with Crippen LogP contribution in [0.15, 0.2) is 42.5 Å². The zero-order valence-electron chi connectivity index (χ0n) is 14.9. The van der Waals surface area contributed by atoms with Crippen LogP contribution in [0.4, 0.5) is 9.52 Å². The minimum atomic E-state index is -0.264. The summed E-state index contributed by atoms with van der Waals surface area (Å²) in [6.45, 7) is 2.46. The van der Waals surface area contributed by atoms with E-state index in [4.69, 9.17) is 4.74 Å². The molecule has 0 aliphatic heterocycles. The highest BCUT2D eigenvalue weighted by Gasteiger charge is 2.16. The SMILES string of the molecule is CCCC[C@H](Br)C(=O)Nc1nc2ccc(OCc3ccc(F)cc3)cc2s1. The van der Waals surface area contributed by atoms with E-state index in [0.717, 1.165) is 35.0 Å². The molecule has 0 radical (unpaired) electrons. The van der Waals surface area contributed by atoms with Crippen molar-refractivity contribution < 1.29 is 13.9 Å². The zero-order valence-corrected chi connectivity index (χ0v) is 17.3. The maximum absolute atomic E-state index is 12.9. The summed E-state index contributed by atoms with van der Waals surface area (Å²) in [5, 5.41) is 3.44. The molecule has 3 rings (SSSR count). The van der Waals surface area contributed by atoms with Crippen LogP contribution in [0.25, 0.3) is 10.2 Å². The number of hydrogen-bond acceptors (Lipinski definition) is 4. The first-order chi connectivity index (χ1) is 13.0. The Morgan fingerprint density at radius 2 is 2.07 bits per heavy atom. The number of nitrogens with zero attached hydrogens (tertiary/aromatic N) is 1. The minimum absolute atomic E-state index is 0.0738. The minimum Gasteiger partial charge on any atom is -0.489 e. The van der Waals surface area contributed by atoms with Crippen molar-refractivity contribution >= 4 is 48.5 Å². The fourth-order valence-corrected chi connectivity index (χ4v) is 3.83. The Labute approximate surface area is 169 Å². The van der Waals surface area contributed by atoms with Crippen LogP contribution >= 0.6 is 27.3 Å². The molecule has 0 saturated carbocycles. The van der Waals surface area contributed by atoms with E-state index >= 15 is 0 Å². The summed E-state index contributed by atoms with van der Waals surface area (Å²) in [7, 11) is 0. The van der Waals surface area contributed by atoms with Crippen molar-refractivity contribution in [1.29, 1.82) is 0 Å². The number of aromatic nitrogens is 1. The summed E-state index contributed by atoms with van der Waals surface area (Å²) >= 11 is 4.84. The number of thiazole rings is 1. The molecule has 1 atom stereocenters. The number of alkyl halides is 1. The van der Waals surface area contributed by atoms with Crippen molar-refractivity contribution in [2.45, 2.75) is 37.6 Å². The lowest BCUT2D eigenvalue weighted by Gasteiger charge is -2.07. The Balaban J connectivity index is 1.63. The Morgan fingerprint density at radius 1 is 1.30 bits per heavy atom. The van der Waals surface area contributed by atoms with Crippen LogP contribution in [0.2, 0.25) is 0 Å². The molecule has 0 unspecified atom stereocenters. The lowest BCUT2D eigenvalue weighted by Crippen LogP contribution is -2.22. The van der Waals surface area contributed by atoms with E-state index in [9.17, 15) is 9.18 Å². The number of anilines is 1. The molecule has 2 aromatic carbocycles. The summed E-state index contributed by atoms with van der Waals surface area (Å²) < 4.78 is 19.7. The molecule has 0 spiro atoms. The number of benzene rings is 2. The van der Waals surface area contributed by atoms with Gasteiger partial charge in [0.15, 0.2) is 5.13 Å². The second-order valence-electron chi connectivity index (χ2n) is 6.16. The van der Waals surface area contributed by atoms with Crippen molar-refractivity contribution in [3.8, 4) is 5.75 Å². The highest BCUT2D eigenvalue weighted by molar-refractivity contribution is 9.10. The summed E-state index contributed by atoms with van der Waals surface area (Å²) in [6, 6.07) is 11.8. The topological polar surface area (TPSA) is 51.2 Å². The van der Waals surface area contributed by atoms with Crippen LogP contribution in [-0.2, 0) is 11.4 Å². The van der Waals surface area contributed by atoms with Gasteiger partial charge in [0.05, 0.1) is 15.0 Å². The maximum Gasteiger partial charge on any atom is 0.239 e. The van der Waals surface area contributed by atoms with Crippen LogP contribution < -0.4 is 10.1 Å². The number of unbranched alkanes of at least 4 members (excludes halogenated alkanes) is 1. The van der Waals surface area contributed by atoms with Gasteiger partial charge in [-0.2, -0.15) is 0 Å². The maximum atomic E-state index is 12.9. The largest absolute Gasteiger partial charge is 0.489 e. The van der Waals surface area contributed by atoms with Gasteiger partial charge in [0.25, 0.3) is 0 Å². The fourth-order valence-electron chi connectivity index (χ4n) is 2.49. The van der Waals surface area contributed by atoms with Crippen molar-refractivity contribution in [3.63, 3.8) is 0 Å². The number of ether oxygens (including phenoxy) is 1. The average Bonchev–Trinajstić information content (AvgIpc) is 3.07. The number of halogens is 2. The lowest BCUT2D eigenvalue weighted by molar-refractivity contribution is -0.115. The highest BCUT2D eigenvalue weighted by Crippen LogP contribution is 2.30. The normalized spacial score (nSPS) is 12.1. The van der Waals surface area contributed by atoms with Crippen molar-refractivity contribution in [2.75, 3.05) is 5.32 Å². The molecule has 1 amide bonds. The first-order valence-corrected chi connectivity index (χ1v) is 10.5. The third kappa shape index (κ3) is 5.49. The van der Waals surface area contributed by atoms with Crippen LogP contribution in [0.1, 0.15) is 31.7 Å². The van der Waals surface area contributed by atoms with Gasteiger partial charge in [0.1, 0.15) is 18.2 Å². The van der Waals surface area contributed by atoms with Crippen LogP contribution in [0, 0.1) is 5.82 Å². The molecular formula is C20H20BrFN2O2S. The smallest absolute Gasteiger partial charge is 0.239 e. The van der Waals surface area contributed by atoms with Gasteiger partial charge >= 0.3 is 0 Å². The molecule has 27 heavy (non-hydrogen) atoms. The Morgan fingerprint density at radius 3 is 2.81 bits per heavy atom. The van der Waals surface area contributed by atoms with Gasteiger partial charge < -0.3 is 10.1 Å². The molecular weight excluding hydrogens is 431 g/mol. The van der Waals surface area contributed by atoms with E-state index in [1.807, 2.05) is 18.2 Å². The van der Waals surface area contributed by atoms with Gasteiger partial charge in [0.2, 0.25) is 5.91 Å². The van der Waals surface area contributed by atoms with E-state index in [2.05, 4.69) is 33.2 Å². The number of nitrogens with one attached hydrogen (secondary N) is 1. The quantitative estimate of drug-likeness (QED) is 0.434. The predicted octanol–water partition coefficient (Wildman–Crippen LogP) is 5.91. The molecule has 0 aliphatic rings. The number of carbonyl (C=O) groups excluding carboxylic acids is 1. The van der Waals surface area contributed by atoms with Gasteiger partial charge in [-0.3, -0.25) is 4.79 Å². The van der Waals surface area contributed by atoms with Crippen molar-refractivity contribution in [2.24, 2.45) is 0 Å². The predicted molar refractivity (Wildman–Crippen MR) is 111 cm³/mol. The van der Waals surface area contributed by atoms with Crippen LogP contribution in [-0.4, -0.2) is 15.7 Å². The monoisotopic (exact) mass is 450 g/mol. The van der Waals surface area contributed by atoms with E-state index in [-0.39, 0.29) is 16.6 Å². The third-order valence-electron chi connectivity index (χ3n) is 4.00. The molecule has 3 aromatic rings. The highest BCUT2D eigenvalue weighted by atomic mass is 79.9. The Hall–Kier alpha value is -1.99. The van der Waals surface area contributed by atoms with Crippen molar-refractivity contribution in [3.05, 3.63) is 53.8 Å². The molecule has 1 aromatic heterocycles. The van der Waals surface area contributed by atoms with Crippen molar-refractivity contribution in [1.82, 2.24) is 4.98 Å². The first kappa shape index (κ1) is 19.8. The Bertz CT molecular complexity index is 914. The van der Waals surface area contributed by atoms with E-state index in [0.29, 0.717) is 17.5 Å². The van der Waals surface area contributed by atoms with Crippen LogP contribution in [0.5, 0.6) is 5.75 Å². The third-order valence-corrected chi connectivity index (χ3v) is 5.81. The number of amides is 1. The standard InChI is InChI=1S/C20H20BrFN2O2S/c1-2-3-4-16(21)19(25)24-20-23-17-10-9-15(11-18(17)27-20)26-12-13-5-7-14(22)8-6-13/h5-11,16H,2-4,12H2,1H3,(H,23,24,25)/t16-/m0/s1. The first-order valence-electron chi connectivity index (χ1n) is 8.78. The second kappa shape index (κ2) is 9.28. The number of fused-ring (bicyclic) bond motifs is 1. The fraction of sp³-hybridized carbons (Fsp3) is 0.300. The summed E-state index contributed by atoms with van der Waals surface area (Å²) in [4.78, 5) is 16.4.